The molecule has 0 unspecified atom stereocenters. The third kappa shape index (κ3) is 38.6. The number of nitrogens with two attached hydrogens (primary N) is 1. The van der Waals surface area contributed by atoms with Crippen LogP contribution in [0.5, 0.6) is 0 Å². The van der Waals surface area contributed by atoms with Crippen molar-refractivity contribution in [3.8, 4) is 0 Å². The van der Waals surface area contributed by atoms with Crippen molar-refractivity contribution in [2.45, 2.75) is 71.1 Å². The van der Waals surface area contributed by atoms with Crippen molar-refractivity contribution in [3.63, 3.8) is 0 Å². The van der Waals surface area contributed by atoms with Crippen molar-refractivity contribution in [2.24, 2.45) is 5.73 Å². The van der Waals surface area contributed by atoms with E-state index in [0.29, 0.717) is 0 Å². The molecular weight excluding hydrogens is 225 g/mol. The standard InChI is InChI=1S/C12H25.CH3NO2.Na/c1-3-5-7-9-11-12-10-8-6-4-2;2-1(3)4;/h1,3-12H2,2H3;2H2,(H,3,4);/q-1;;+1. The van der Waals surface area contributed by atoms with Gasteiger partial charge in [0.25, 0.3) is 0 Å². The Morgan fingerprint density at radius 1 is 1.00 bits per heavy atom. The van der Waals surface area contributed by atoms with Gasteiger partial charge in [-0.3, -0.25) is 0 Å². The van der Waals surface area contributed by atoms with E-state index in [1.54, 1.807) is 0 Å². The zero-order chi connectivity index (χ0) is 12.6. The van der Waals surface area contributed by atoms with Crippen molar-refractivity contribution in [2.75, 3.05) is 0 Å². The van der Waals surface area contributed by atoms with Crippen LogP contribution in [0.25, 0.3) is 0 Å². The summed E-state index contributed by atoms with van der Waals surface area (Å²) in [5.41, 5.74) is 4.03. The number of rotatable bonds is 9. The normalized spacial score (nSPS) is 8.82. The topological polar surface area (TPSA) is 63.3 Å². The number of hydrogen-bond donors (Lipinski definition) is 2. The van der Waals surface area contributed by atoms with Gasteiger partial charge in [0.2, 0.25) is 0 Å². The molecule has 98 valence electrons. The predicted molar refractivity (Wildman–Crippen MR) is 69.4 cm³/mol. The molecule has 0 atom stereocenters. The van der Waals surface area contributed by atoms with Crippen LogP contribution < -0.4 is 35.3 Å². The molecule has 0 aromatic rings. The summed E-state index contributed by atoms with van der Waals surface area (Å²) < 4.78 is 0. The molecule has 0 aromatic carbocycles. The van der Waals surface area contributed by atoms with Gasteiger partial charge in [0.15, 0.2) is 0 Å². The summed E-state index contributed by atoms with van der Waals surface area (Å²) >= 11 is 0. The Labute approximate surface area is 129 Å². The third-order valence-electron chi connectivity index (χ3n) is 2.35. The molecule has 0 fully saturated rings. The van der Waals surface area contributed by atoms with E-state index < -0.39 is 6.09 Å². The second-order valence-corrected chi connectivity index (χ2v) is 4.02. The van der Waals surface area contributed by atoms with E-state index >= 15 is 0 Å². The summed E-state index contributed by atoms with van der Waals surface area (Å²) in [4.78, 5) is 8.78. The maximum Gasteiger partial charge on any atom is 1.00 e. The van der Waals surface area contributed by atoms with Crippen LogP contribution in [0.15, 0.2) is 0 Å². The van der Waals surface area contributed by atoms with Gasteiger partial charge in [0.1, 0.15) is 0 Å². The molecule has 17 heavy (non-hydrogen) atoms. The number of carbonyl (C=O) groups is 1. The largest absolute Gasteiger partial charge is 1.00 e. The van der Waals surface area contributed by atoms with Gasteiger partial charge in [0.05, 0.1) is 0 Å². The number of amides is 1. The Bertz CT molecular complexity index is 129. The minimum absolute atomic E-state index is 0. The Morgan fingerprint density at radius 2 is 1.29 bits per heavy atom. The van der Waals surface area contributed by atoms with Gasteiger partial charge in [-0.05, 0) is 0 Å². The van der Waals surface area contributed by atoms with Crippen molar-refractivity contribution in [3.05, 3.63) is 6.92 Å². The quantitative estimate of drug-likeness (QED) is 0.370. The van der Waals surface area contributed by atoms with E-state index in [1.165, 1.54) is 57.8 Å². The molecule has 0 saturated carbocycles. The molecule has 0 radical (unpaired) electrons. The predicted octanol–water partition coefficient (Wildman–Crippen LogP) is 1.37. The summed E-state index contributed by atoms with van der Waals surface area (Å²) in [7, 11) is 0. The van der Waals surface area contributed by atoms with Crippen LogP contribution in [0, 0.1) is 6.92 Å². The van der Waals surface area contributed by atoms with Gasteiger partial charge in [-0.15, -0.1) is 0 Å². The van der Waals surface area contributed by atoms with Gasteiger partial charge in [-0.2, -0.15) is 6.42 Å². The minimum atomic E-state index is -1.33. The van der Waals surface area contributed by atoms with Gasteiger partial charge >= 0.3 is 35.7 Å². The molecule has 0 saturated heterocycles. The van der Waals surface area contributed by atoms with Crippen molar-refractivity contribution < 1.29 is 39.5 Å². The molecule has 0 aromatic heterocycles. The zero-order valence-corrected chi connectivity index (χ0v) is 13.7. The Hall–Kier alpha value is 0.270. The first kappa shape index (κ1) is 22.5. The van der Waals surface area contributed by atoms with Crippen LogP contribution >= 0.6 is 0 Å². The summed E-state index contributed by atoms with van der Waals surface area (Å²) in [6, 6.07) is 0. The van der Waals surface area contributed by atoms with Crippen molar-refractivity contribution in [1.82, 2.24) is 0 Å². The third-order valence-corrected chi connectivity index (χ3v) is 2.35. The van der Waals surface area contributed by atoms with E-state index in [-0.39, 0.29) is 29.6 Å². The summed E-state index contributed by atoms with van der Waals surface area (Å²) in [5, 5.41) is 7.19. The average Bonchev–Trinajstić information content (AvgIpc) is 2.21. The van der Waals surface area contributed by atoms with Crippen LogP contribution in [0.4, 0.5) is 4.79 Å². The Morgan fingerprint density at radius 3 is 1.59 bits per heavy atom. The molecule has 1 amide bonds. The first-order chi connectivity index (χ1) is 7.65. The van der Waals surface area contributed by atoms with E-state index in [2.05, 4.69) is 19.6 Å². The molecule has 4 heteroatoms. The van der Waals surface area contributed by atoms with E-state index in [1.807, 2.05) is 0 Å². The molecule has 0 aliphatic rings. The van der Waals surface area contributed by atoms with Crippen molar-refractivity contribution in [1.29, 1.82) is 0 Å². The van der Waals surface area contributed by atoms with Gasteiger partial charge < -0.3 is 17.8 Å². The SMILES string of the molecule is NC(=O)O.[CH2-]CCCCCCCCCCC.[Na+]. The van der Waals surface area contributed by atoms with Crippen LogP contribution in [-0.4, -0.2) is 11.2 Å². The Kier molecular flexibility index (Phi) is 28.5. The van der Waals surface area contributed by atoms with Gasteiger partial charge in [-0.25, -0.2) is 4.79 Å². The van der Waals surface area contributed by atoms with E-state index in [4.69, 9.17) is 9.90 Å². The minimum Gasteiger partial charge on any atom is -0.465 e. The summed E-state index contributed by atoms with van der Waals surface area (Å²) in [5.74, 6) is 0. The summed E-state index contributed by atoms with van der Waals surface area (Å²) in [6.07, 6.45) is 12.6. The number of primary amides is 1. The van der Waals surface area contributed by atoms with Crippen LogP contribution in [0.2, 0.25) is 0 Å². The molecule has 0 aliphatic heterocycles. The number of carboxylic acid groups (broad SMARTS) is 1. The van der Waals surface area contributed by atoms with Crippen molar-refractivity contribution >= 4 is 6.09 Å². The molecule has 0 rings (SSSR count). The van der Waals surface area contributed by atoms with Crippen LogP contribution in [0.3, 0.4) is 0 Å². The maximum absolute atomic E-state index is 8.78. The maximum atomic E-state index is 8.78. The van der Waals surface area contributed by atoms with Crippen LogP contribution in [-0.2, 0) is 0 Å². The fraction of sp³-hybridized carbons (Fsp3) is 0.846. The molecule has 0 heterocycles. The number of hydrogen-bond acceptors (Lipinski definition) is 1. The molecule has 0 bridgehead atoms. The van der Waals surface area contributed by atoms with Crippen LogP contribution in [0.1, 0.15) is 71.1 Å². The average molecular weight is 253 g/mol. The first-order valence-electron chi connectivity index (χ1n) is 6.42. The fourth-order valence-corrected chi connectivity index (χ4v) is 1.49. The zero-order valence-electron chi connectivity index (χ0n) is 11.7. The second-order valence-electron chi connectivity index (χ2n) is 4.02. The monoisotopic (exact) mass is 253 g/mol. The van der Waals surface area contributed by atoms with Gasteiger partial charge in [-0.1, -0.05) is 64.7 Å². The van der Waals surface area contributed by atoms with E-state index in [0.717, 1.165) is 6.42 Å². The molecule has 3 N–H and O–H groups in total. The molecular formula is C13H28NNaO2. The first-order valence-corrected chi connectivity index (χ1v) is 6.42. The fourth-order valence-electron chi connectivity index (χ4n) is 1.49. The Balaban J connectivity index is -0.000000340. The van der Waals surface area contributed by atoms with Gasteiger partial charge in [0, 0.05) is 0 Å². The van der Waals surface area contributed by atoms with E-state index in [9.17, 15) is 0 Å². The summed E-state index contributed by atoms with van der Waals surface area (Å²) in [6.45, 7) is 6.12. The molecule has 3 nitrogen and oxygen atoms in total. The number of unbranched alkanes of at least 4 members (excludes halogenated alkanes) is 9. The smallest absolute Gasteiger partial charge is 0.465 e. The molecule has 0 spiro atoms. The second kappa shape index (κ2) is 21.5. The molecule has 0 aliphatic carbocycles.